The summed E-state index contributed by atoms with van der Waals surface area (Å²) in [7, 11) is 0. The maximum atomic E-state index is 9.37. The fraction of sp³-hybridized carbons (Fsp3) is 0.647. The van der Waals surface area contributed by atoms with Crippen LogP contribution in [0.4, 0.5) is 0 Å². The minimum atomic E-state index is -0.539. The monoisotopic (exact) mass is 326 g/mol. The largest absolute Gasteiger partial charge is 0.393 e. The Balaban J connectivity index is 1.69. The van der Waals surface area contributed by atoms with Gasteiger partial charge in [-0.05, 0) is 25.3 Å². The van der Waals surface area contributed by atoms with Crippen molar-refractivity contribution in [2.24, 2.45) is 0 Å². The number of benzene rings is 1. The molecule has 1 N–H and O–H groups in total. The first-order valence-electron chi connectivity index (χ1n) is 8.11. The topological polar surface area (TPSA) is 66.4 Å². The number of ether oxygens (including phenoxy) is 3. The molecule has 3 atom stereocenters. The highest BCUT2D eigenvalue weighted by Crippen LogP contribution is 2.19. The second-order valence-electron chi connectivity index (χ2n) is 5.36. The lowest BCUT2D eigenvalue weighted by molar-refractivity contribution is -0.347. The van der Waals surface area contributed by atoms with E-state index in [0.29, 0.717) is 19.8 Å². The molecule has 6 nitrogen and oxygen atoms in total. The molecule has 6 heteroatoms. The Morgan fingerprint density at radius 3 is 2.83 bits per heavy atom. The average Bonchev–Trinajstić information content (AvgIpc) is 2.60. The van der Waals surface area contributed by atoms with Crippen LogP contribution in [0.3, 0.4) is 0 Å². The van der Waals surface area contributed by atoms with Gasteiger partial charge in [0.1, 0.15) is 18.8 Å². The molecule has 1 aliphatic heterocycles. The zero-order valence-electron chi connectivity index (χ0n) is 13.6. The second-order valence-corrected chi connectivity index (χ2v) is 5.36. The fourth-order valence-corrected chi connectivity index (χ4v) is 2.32. The number of hydrogen-bond donors (Lipinski definition) is 1. The summed E-state index contributed by atoms with van der Waals surface area (Å²) in [6, 6.07) is 9.69. The molecule has 130 valence electrons. The van der Waals surface area contributed by atoms with Crippen LogP contribution in [-0.2, 0) is 30.6 Å². The molecular formula is C17H26O6. The average molecular weight is 326 g/mol. The predicted octanol–water partition coefficient (Wildman–Crippen LogP) is 2.05. The molecule has 0 aromatic heterocycles. The van der Waals surface area contributed by atoms with E-state index < -0.39 is 6.10 Å². The Bertz CT molecular complexity index is 411. The number of aliphatic hydroxyl groups excluding tert-OH is 1. The summed E-state index contributed by atoms with van der Waals surface area (Å²) in [5.41, 5.74) is 1.00. The van der Waals surface area contributed by atoms with Crippen LogP contribution in [0, 0.1) is 0 Å². The summed E-state index contributed by atoms with van der Waals surface area (Å²) < 4.78 is 16.9. The molecule has 3 unspecified atom stereocenters. The highest BCUT2D eigenvalue weighted by molar-refractivity contribution is 5.13. The van der Waals surface area contributed by atoms with Gasteiger partial charge in [-0.2, -0.15) is 0 Å². The van der Waals surface area contributed by atoms with Gasteiger partial charge in [-0.15, -0.1) is 0 Å². The first-order valence-corrected chi connectivity index (χ1v) is 8.11. The van der Waals surface area contributed by atoms with Crippen molar-refractivity contribution in [3.63, 3.8) is 0 Å². The maximum Gasteiger partial charge on any atom is 0.183 e. The minimum absolute atomic E-state index is 0.143. The first-order chi connectivity index (χ1) is 11.3. The van der Waals surface area contributed by atoms with Gasteiger partial charge in [-0.3, -0.25) is 0 Å². The van der Waals surface area contributed by atoms with Crippen molar-refractivity contribution in [1.29, 1.82) is 0 Å². The molecule has 1 aromatic rings. The lowest BCUT2D eigenvalue weighted by Gasteiger charge is -2.31. The van der Waals surface area contributed by atoms with Gasteiger partial charge in [0.15, 0.2) is 6.29 Å². The summed E-state index contributed by atoms with van der Waals surface area (Å²) in [4.78, 5) is 10.4. The van der Waals surface area contributed by atoms with E-state index >= 15 is 0 Å². The van der Waals surface area contributed by atoms with Crippen LogP contribution in [0.2, 0.25) is 0 Å². The molecule has 0 bridgehead atoms. The van der Waals surface area contributed by atoms with E-state index in [0.717, 1.165) is 18.4 Å². The lowest BCUT2D eigenvalue weighted by atomic mass is 10.1. The normalized spacial score (nSPS) is 22.9. The smallest absolute Gasteiger partial charge is 0.183 e. The van der Waals surface area contributed by atoms with Crippen LogP contribution < -0.4 is 0 Å². The van der Waals surface area contributed by atoms with Crippen molar-refractivity contribution in [1.82, 2.24) is 0 Å². The van der Waals surface area contributed by atoms with Crippen molar-refractivity contribution in [2.45, 2.75) is 44.9 Å². The lowest BCUT2D eigenvalue weighted by Crippen LogP contribution is -2.40. The summed E-state index contributed by atoms with van der Waals surface area (Å²) in [5.74, 6) is 0. The van der Waals surface area contributed by atoms with Gasteiger partial charge in [0.05, 0.1) is 13.2 Å². The van der Waals surface area contributed by atoms with Crippen LogP contribution >= 0.6 is 0 Å². The number of aliphatic hydroxyl groups is 1. The van der Waals surface area contributed by atoms with Gasteiger partial charge < -0.3 is 19.3 Å². The van der Waals surface area contributed by atoms with E-state index in [1.165, 1.54) is 0 Å². The van der Waals surface area contributed by atoms with Gasteiger partial charge in [0.2, 0.25) is 0 Å². The van der Waals surface area contributed by atoms with E-state index in [1.807, 2.05) is 37.3 Å². The van der Waals surface area contributed by atoms with Crippen molar-refractivity contribution in [3.05, 3.63) is 35.9 Å². The fourth-order valence-electron chi connectivity index (χ4n) is 2.32. The minimum Gasteiger partial charge on any atom is -0.393 e. The maximum absolute atomic E-state index is 9.37. The quantitative estimate of drug-likeness (QED) is 0.524. The highest BCUT2D eigenvalue weighted by Gasteiger charge is 2.28. The molecule has 1 heterocycles. The van der Waals surface area contributed by atoms with Gasteiger partial charge in [-0.1, -0.05) is 30.3 Å². The second kappa shape index (κ2) is 10.7. The van der Waals surface area contributed by atoms with Crippen LogP contribution in [-0.4, -0.2) is 50.0 Å². The summed E-state index contributed by atoms with van der Waals surface area (Å²) in [5, 5.41) is 9.37. The molecule has 1 fully saturated rings. The molecule has 0 radical (unpaired) electrons. The van der Waals surface area contributed by atoms with Crippen molar-refractivity contribution in [2.75, 3.05) is 26.4 Å². The van der Waals surface area contributed by atoms with E-state index in [9.17, 15) is 5.11 Å². The molecule has 0 spiro atoms. The van der Waals surface area contributed by atoms with Crippen LogP contribution in [0.5, 0.6) is 0 Å². The molecule has 1 saturated heterocycles. The third kappa shape index (κ3) is 6.55. The number of hydrogen-bond acceptors (Lipinski definition) is 6. The Morgan fingerprint density at radius 2 is 2.09 bits per heavy atom. The number of rotatable bonds is 10. The Labute approximate surface area is 137 Å². The SMILES string of the molecule is CCOC1OCCCC1OCC(CO)OOCc1ccccc1. The molecule has 1 aliphatic rings. The van der Waals surface area contributed by atoms with Crippen LogP contribution in [0.25, 0.3) is 0 Å². The van der Waals surface area contributed by atoms with Gasteiger partial charge in [0.25, 0.3) is 0 Å². The summed E-state index contributed by atoms with van der Waals surface area (Å²) in [6.45, 7) is 3.55. The van der Waals surface area contributed by atoms with Gasteiger partial charge >= 0.3 is 0 Å². The van der Waals surface area contributed by atoms with Crippen molar-refractivity contribution < 1.29 is 29.1 Å². The van der Waals surface area contributed by atoms with Gasteiger partial charge in [-0.25, -0.2) is 9.78 Å². The van der Waals surface area contributed by atoms with E-state index in [4.69, 9.17) is 24.0 Å². The van der Waals surface area contributed by atoms with E-state index in [2.05, 4.69) is 0 Å². The Hall–Kier alpha value is -1.02. The third-order valence-corrected chi connectivity index (χ3v) is 3.52. The molecule has 0 saturated carbocycles. The summed E-state index contributed by atoms with van der Waals surface area (Å²) >= 11 is 0. The third-order valence-electron chi connectivity index (χ3n) is 3.52. The molecule has 2 rings (SSSR count). The molecule has 23 heavy (non-hydrogen) atoms. The molecule has 0 aliphatic carbocycles. The Morgan fingerprint density at radius 1 is 1.26 bits per heavy atom. The molecule has 1 aromatic carbocycles. The highest BCUT2D eigenvalue weighted by atomic mass is 17.2. The Kier molecular flexibility index (Phi) is 8.52. The van der Waals surface area contributed by atoms with Crippen molar-refractivity contribution >= 4 is 0 Å². The molecular weight excluding hydrogens is 300 g/mol. The van der Waals surface area contributed by atoms with Crippen LogP contribution in [0.15, 0.2) is 30.3 Å². The van der Waals surface area contributed by atoms with Gasteiger partial charge in [0, 0.05) is 13.2 Å². The summed E-state index contributed by atoms with van der Waals surface area (Å²) in [6.07, 6.45) is 0.772. The van der Waals surface area contributed by atoms with Crippen LogP contribution in [0.1, 0.15) is 25.3 Å². The van der Waals surface area contributed by atoms with E-state index in [1.54, 1.807) is 0 Å². The standard InChI is InChI=1S/C17H26O6/c1-2-19-17-16(9-6-10-20-17)21-13-15(11-18)23-22-12-14-7-4-3-5-8-14/h3-5,7-8,15-18H,2,6,9-13H2,1H3. The van der Waals surface area contributed by atoms with Crippen molar-refractivity contribution in [3.8, 4) is 0 Å². The zero-order chi connectivity index (χ0) is 16.3. The predicted molar refractivity (Wildman–Crippen MR) is 83.5 cm³/mol. The first kappa shape index (κ1) is 18.3. The van der Waals surface area contributed by atoms with E-state index in [-0.39, 0.29) is 25.6 Å². The zero-order valence-corrected chi connectivity index (χ0v) is 13.6. The molecule has 0 amide bonds.